The van der Waals surface area contributed by atoms with Gasteiger partial charge in [0, 0.05) is 22.8 Å². The summed E-state index contributed by atoms with van der Waals surface area (Å²) in [6.07, 6.45) is 0. The molecule has 0 unspecified atom stereocenters. The number of aliphatic imine (C=N–C) groups is 1. The van der Waals surface area contributed by atoms with Crippen LogP contribution in [-0.4, -0.2) is 25.9 Å². The molecular formula is C20H22ClN3O2. The lowest BCUT2D eigenvalue weighted by atomic mass is 10.1. The molecule has 0 aliphatic carbocycles. The second-order valence-electron chi connectivity index (χ2n) is 5.68. The molecule has 2 rings (SSSR count). The van der Waals surface area contributed by atoms with Crippen LogP contribution in [0.4, 0.5) is 4.79 Å². The number of methoxy groups -OCH3 is 1. The largest absolute Gasteiger partial charge is 0.497 e. The minimum atomic E-state index is -0.501. The van der Waals surface area contributed by atoms with Crippen molar-refractivity contribution in [1.82, 2.24) is 10.6 Å². The van der Waals surface area contributed by atoms with E-state index in [9.17, 15) is 4.79 Å². The van der Waals surface area contributed by atoms with E-state index in [1.54, 1.807) is 20.1 Å². The minimum absolute atomic E-state index is 0.407. The highest BCUT2D eigenvalue weighted by atomic mass is 35.5. The molecule has 5 nitrogen and oxygen atoms in total. The number of rotatable bonds is 6. The average molecular weight is 372 g/mol. The van der Waals surface area contributed by atoms with Gasteiger partial charge in [-0.05, 0) is 61.5 Å². The van der Waals surface area contributed by atoms with Gasteiger partial charge in [-0.1, -0.05) is 24.2 Å². The Kier molecular flexibility index (Phi) is 6.95. The number of carbonyl (C=O) groups excluding carboxylic acids is 1. The summed E-state index contributed by atoms with van der Waals surface area (Å²) in [6.45, 7) is 6.37. The van der Waals surface area contributed by atoms with Crippen LogP contribution in [0.3, 0.4) is 0 Å². The van der Waals surface area contributed by atoms with Crippen LogP contribution < -0.4 is 15.4 Å². The summed E-state index contributed by atoms with van der Waals surface area (Å²) in [7, 11) is 3.47. The average Bonchev–Trinajstić information content (AvgIpc) is 2.63. The van der Waals surface area contributed by atoms with Gasteiger partial charge >= 0.3 is 6.03 Å². The van der Waals surface area contributed by atoms with Gasteiger partial charge in [-0.25, -0.2) is 4.79 Å². The van der Waals surface area contributed by atoms with Crippen LogP contribution >= 0.6 is 11.6 Å². The zero-order valence-corrected chi connectivity index (χ0v) is 15.9. The van der Waals surface area contributed by atoms with E-state index in [0.717, 1.165) is 16.9 Å². The van der Waals surface area contributed by atoms with E-state index < -0.39 is 6.03 Å². The highest BCUT2D eigenvalue weighted by Crippen LogP contribution is 2.23. The number of nitrogens with one attached hydrogen (secondary N) is 2. The first-order valence-electron chi connectivity index (χ1n) is 8.07. The molecule has 136 valence electrons. The molecule has 6 heteroatoms. The molecule has 0 spiro atoms. The molecule has 2 aromatic carbocycles. The van der Waals surface area contributed by atoms with Crippen LogP contribution in [0.15, 0.2) is 54.0 Å². The molecule has 0 saturated carbocycles. The van der Waals surface area contributed by atoms with Crippen molar-refractivity contribution in [2.75, 3.05) is 14.2 Å². The fourth-order valence-corrected chi connectivity index (χ4v) is 2.62. The molecule has 0 radical (unpaired) electrons. The Balaban J connectivity index is 2.10. The Hall–Kier alpha value is -2.63. The third-order valence-corrected chi connectivity index (χ3v) is 4.10. The number of urea groups is 1. The maximum absolute atomic E-state index is 12.2. The van der Waals surface area contributed by atoms with E-state index in [0.29, 0.717) is 28.5 Å². The second-order valence-corrected chi connectivity index (χ2v) is 6.09. The molecule has 0 heterocycles. The highest BCUT2D eigenvalue weighted by Gasteiger charge is 2.10. The summed E-state index contributed by atoms with van der Waals surface area (Å²) in [4.78, 5) is 16.3. The molecular weight excluding hydrogens is 350 g/mol. The second kappa shape index (κ2) is 9.17. The lowest BCUT2D eigenvalue weighted by Gasteiger charge is -2.11. The maximum Gasteiger partial charge on any atom is 0.345 e. The first-order valence-corrected chi connectivity index (χ1v) is 8.45. The number of nitrogens with zero attached hydrogens (tertiary/aromatic N) is 1. The van der Waals surface area contributed by atoms with Crippen molar-refractivity contribution in [3.8, 4) is 5.75 Å². The normalized spacial score (nSPS) is 11.2. The molecule has 2 aromatic rings. The van der Waals surface area contributed by atoms with Crippen LogP contribution in [-0.2, 0) is 6.54 Å². The van der Waals surface area contributed by atoms with E-state index >= 15 is 0 Å². The van der Waals surface area contributed by atoms with Crippen molar-refractivity contribution < 1.29 is 9.53 Å². The van der Waals surface area contributed by atoms with Crippen molar-refractivity contribution in [2.24, 2.45) is 4.99 Å². The summed E-state index contributed by atoms with van der Waals surface area (Å²) >= 11 is 6.22. The van der Waals surface area contributed by atoms with Crippen molar-refractivity contribution in [2.45, 2.75) is 13.5 Å². The predicted molar refractivity (Wildman–Crippen MR) is 107 cm³/mol. The Morgan fingerprint density at radius 3 is 2.54 bits per heavy atom. The molecule has 2 N–H and O–H groups in total. The van der Waals surface area contributed by atoms with Gasteiger partial charge in [0.05, 0.1) is 12.8 Å². The Labute approximate surface area is 158 Å². The fourth-order valence-electron chi connectivity index (χ4n) is 2.39. The molecule has 2 amide bonds. The van der Waals surface area contributed by atoms with Gasteiger partial charge in [-0.3, -0.25) is 0 Å². The predicted octanol–water partition coefficient (Wildman–Crippen LogP) is 4.26. The number of hydrogen-bond acceptors (Lipinski definition) is 3. The monoisotopic (exact) mass is 371 g/mol. The third-order valence-electron chi connectivity index (χ3n) is 3.77. The smallest absolute Gasteiger partial charge is 0.345 e. The lowest BCUT2D eigenvalue weighted by Crippen LogP contribution is -2.19. The highest BCUT2D eigenvalue weighted by molar-refractivity contribution is 6.32. The van der Waals surface area contributed by atoms with Gasteiger partial charge in [-0.2, -0.15) is 4.99 Å². The van der Waals surface area contributed by atoms with Gasteiger partial charge in [0.1, 0.15) is 5.75 Å². The third kappa shape index (κ3) is 5.18. The summed E-state index contributed by atoms with van der Waals surface area (Å²) < 4.78 is 5.12. The number of benzene rings is 2. The van der Waals surface area contributed by atoms with Gasteiger partial charge in [0.2, 0.25) is 0 Å². The van der Waals surface area contributed by atoms with E-state index in [1.165, 1.54) is 0 Å². The Morgan fingerprint density at radius 1 is 1.23 bits per heavy atom. The first kappa shape index (κ1) is 19.7. The van der Waals surface area contributed by atoms with Crippen molar-refractivity contribution in [3.05, 3.63) is 70.8 Å². The van der Waals surface area contributed by atoms with Gasteiger partial charge in [0.15, 0.2) is 0 Å². The van der Waals surface area contributed by atoms with Crippen molar-refractivity contribution in [3.63, 3.8) is 0 Å². The number of halogens is 1. The van der Waals surface area contributed by atoms with E-state index in [-0.39, 0.29) is 0 Å². The molecule has 0 aromatic heterocycles. The SMILES string of the molecule is C=C(NC(=O)N=C(C)c1ccc(OC)cc1)c1cc(CNC)ccc1Cl. The Bertz CT molecular complexity index is 829. The molecule has 0 atom stereocenters. The minimum Gasteiger partial charge on any atom is -0.497 e. The van der Waals surface area contributed by atoms with Crippen molar-refractivity contribution >= 4 is 29.0 Å². The van der Waals surface area contributed by atoms with Gasteiger partial charge in [0.25, 0.3) is 0 Å². The zero-order valence-electron chi connectivity index (χ0n) is 15.1. The number of carbonyl (C=O) groups is 1. The molecule has 0 fully saturated rings. The van der Waals surface area contributed by atoms with Crippen molar-refractivity contribution in [1.29, 1.82) is 0 Å². The van der Waals surface area contributed by atoms with E-state index in [1.807, 2.05) is 43.4 Å². The van der Waals surface area contributed by atoms with Crippen LogP contribution in [0.25, 0.3) is 5.70 Å². The van der Waals surface area contributed by atoms with Crippen LogP contribution in [0.2, 0.25) is 5.02 Å². The lowest BCUT2D eigenvalue weighted by molar-refractivity contribution is 0.253. The number of ether oxygens (including phenoxy) is 1. The summed E-state index contributed by atoms with van der Waals surface area (Å²) in [5, 5.41) is 6.27. The maximum atomic E-state index is 12.2. The van der Waals surface area contributed by atoms with Crippen LogP contribution in [0, 0.1) is 0 Å². The molecule has 0 bridgehead atoms. The molecule has 0 aliphatic rings. The van der Waals surface area contributed by atoms with E-state index in [2.05, 4.69) is 22.2 Å². The quantitative estimate of drug-likeness (QED) is 0.746. The Morgan fingerprint density at radius 2 is 1.92 bits per heavy atom. The fraction of sp³-hybridized carbons (Fsp3) is 0.200. The van der Waals surface area contributed by atoms with Gasteiger partial charge < -0.3 is 15.4 Å². The summed E-state index contributed by atoms with van der Waals surface area (Å²) in [5.41, 5.74) is 3.54. The number of amides is 2. The summed E-state index contributed by atoms with van der Waals surface area (Å²) in [6, 6.07) is 12.4. The molecule has 0 saturated heterocycles. The van der Waals surface area contributed by atoms with Crippen LogP contribution in [0.5, 0.6) is 5.75 Å². The summed E-state index contributed by atoms with van der Waals surface area (Å²) in [5.74, 6) is 0.746. The van der Waals surface area contributed by atoms with Gasteiger partial charge in [-0.15, -0.1) is 0 Å². The van der Waals surface area contributed by atoms with E-state index in [4.69, 9.17) is 16.3 Å². The number of hydrogen-bond donors (Lipinski definition) is 2. The molecule has 0 aliphatic heterocycles. The standard InChI is InChI=1S/C20H22ClN3O2/c1-13(16-6-8-17(26-4)9-7-16)23-20(25)24-14(2)18-11-15(12-22-3)5-10-19(18)21/h5-11,22H,2,12H2,1,3-4H3,(H,24,25). The molecule has 26 heavy (non-hydrogen) atoms. The first-order chi connectivity index (χ1) is 12.4. The zero-order chi connectivity index (χ0) is 19.1. The van der Waals surface area contributed by atoms with Crippen LogP contribution in [0.1, 0.15) is 23.6 Å². The topological polar surface area (TPSA) is 62.7 Å².